The van der Waals surface area contributed by atoms with Crippen molar-refractivity contribution < 1.29 is 58.0 Å². The van der Waals surface area contributed by atoms with Gasteiger partial charge in [0.05, 0.1) is 65.2 Å². The second kappa shape index (κ2) is 34.6. The van der Waals surface area contributed by atoms with E-state index < -0.39 is 30.1 Å². The zero-order valence-electron chi connectivity index (χ0n) is 59.2. The normalized spacial score (nSPS) is 23.2. The van der Waals surface area contributed by atoms with Crippen LogP contribution in [0.3, 0.4) is 0 Å². The van der Waals surface area contributed by atoms with Gasteiger partial charge in [0.1, 0.15) is 20.9 Å². The Kier molecular flexibility index (Phi) is 27.9. The molecule has 6 fully saturated rings. The SMILES string of the molecule is COC(=O)c1sc(C#CC(C)(C)C)cc1N1C(=O)[C@@H](CC=O)CC[C@H]1C1CCCCC1.COC(=O)c1sc(C#CC(C)(C)C)cc1N1C(=O)[C@@H](C[C@@H](C)O)CC[C@H]1C1CCCCC1.COC(=O)c1sc(C#CC(C)(C)C)cc1N1C(=O)[C@@H](C[C@H](C)O)CC[C@H]1C1CCCCC1. The van der Waals surface area contributed by atoms with Crippen molar-refractivity contribution >= 4 is 93.0 Å². The number of piperidine rings is 3. The molecule has 0 aromatic carbocycles. The van der Waals surface area contributed by atoms with Crippen LogP contribution in [0.5, 0.6) is 0 Å². The Morgan fingerprint density at radius 3 is 0.968 bits per heavy atom. The molecule has 520 valence electrons. The molecule has 0 bridgehead atoms. The van der Waals surface area contributed by atoms with E-state index in [2.05, 4.69) is 35.5 Å². The van der Waals surface area contributed by atoms with E-state index in [-0.39, 0.29) is 76.3 Å². The lowest BCUT2D eigenvalue weighted by atomic mass is 9.77. The predicted molar refractivity (Wildman–Crippen MR) is 381 cm³/mol. The minimum atomic E-state index is -0.534. The maximum absolute atomic E-state index is 13.7. The van der Waals surface area contributed by atoms with Gasteiger partial charge in [0.15, 0.2) is 0 Å². The van der Waals surface area contributed by atoms with Crippen molar-refractivity contribution in [2.75, 3.05) is 36.0 Å². The molecule has 8 atom stereocenters. The van der Waals surface area contributed by atoms with E-state index in [9.17, 15) is 43.8 Å². The first-order valence-electron chi connectivity index (χ1n) is 35.0. The van der Waals surface area contributed by atoms with Gasteiger partial charge in [-0.1, -0.05) is 93.3 Å². The Bertz CT molecular complexity index is 3190. The van der Waals surface area contributed by atoms with Crippen LogP contribution in [0.4, 0.5) is 17.1 Å². The maximum Gasteiger partial charge on any atom is 0.350 e. The van der Waals surface area contributed by atoms with E-state index in [0.29, 0.717) is 62.3 Å². The second-order valence-electron chi connectivity index (χ2n) is 30.4. The summed E-state index contributed by atoms with van der Waals surface area (Å²) in [6, 6.07) is 5.87. The molecule has 0 radical (unpaired) electrons. The van der Waals surface area contributed by atoms with Crippen molar-refractivity contribution in [1.29, 1.82) is 0 Å². The average Bonchev–Trinajstić information content (AvgIpc) is 1.24. The number of aldehydes is 1. The minimum absolute atomic E-state index is 0.0195. The lowest BCUT2D eigenvalue weighted by Crippen LogP contribution is -2.52. The third kappa shape index (κ3) is 21.1. The van der Waals surface area contributed by atoms with E-state index in [1.54, 1.807) is 13.8 Å². The molecule has 18 heteroatoms. The molecule has 9 rings (SSSR count). The zero-order valence-corrected chi connectivity index (χ0v) is 61.6. The van der Waals surface area contributed by atoms with Gasteiger partial charge in [-0.2, -0.15) is 0 Å². The molecule has 3 amide bonds. The van der Waals surface area contributed by atoms with Crippen LogP contribution >= 0.6 is 34.0 Å². The van der Waals surface area contributed by atoms with Gasteiger partial charge < -0.3 is 43.9 Å². The molecule has 3 saturated carbocycles. The number of aliphatic hydroxyl groups excluding tert-OH is 2. The minimum Gasteiger partial charge on any atom is -0.465 e. The van der Waals surface area contributed by atoms with Crippen molar-refractivity contribution in [1.82, 2.24) is 0 Å². The highest BCUT2D eigenvalue weighted by Gasteiger charge is 2.46. The van der Waals surface area contributed by atoms with Crippen LogP contribution < -0.4 is 14.7 Å². The van der Waals surface area contributed by atoms with Gasteiger partial charge in [-0.25, -0.2) is 14.4 Å². The summed E-state index contributed by atoms with van der Waals surface area (Å²) in [5.41, 5.74) is 1.38. The van der Waals surface area contributed by atoms with Crippen molar-refractivity contribution in [3.63, 3.8) is 0 Å². The monoisotopic (exact) mass is 1360 g/mol. The summed E-state index contributed by atoms with van der Waals surface area (Å²) < 4.78 is 15.2. The molecule has 3 saturated heterocycles. The van der Waals surface area contributed by atoms with Crippen molar-refractivity contribution in [3.05, 3.63) is 47.5 Å². The summed E-state index contributed by atoms with van der Waals surface area (Å²) in [7, 11) is 4.11. The first kappa shape index (κ1) is 76.6. The summed E-state index contributed by atoms with van der Waals surface area (Å²) >= 11 is 3.88. The fourth-order valence-corrected chi connectivity index (χ4v) is 17.4. The molecule has 3 aromatic rings. The smallest absolute Gasteiger partial charge is 0.350 e. The highest BCUT2D eigenvalue weighted by molar-refractivity contribution is 7.16. The first-order valence-corrected chi connectivity index (χ1v) is 37.5. The Morgan fingerprint density at radius 2 is 0.726 bits per heavy atom. The van der Waals surface area contributed by atoms with Gasteiger partial charge in [-0.05, 0) is 202 Å². The van der Waals surface area contributed by atoms with Crippen LogP contribution in [0.1, 0.15) is 274 Å². The molecule has 0 unspecified atom stereocenters. The molecule has 0 spiro atoms. The molecule has 3 aliphatic heterocycles. The number of hydrogen-bond donors (Lipinski definition) is 2. The van der Waals surface area contributed by atoms with Crippen molar-refractivity contribution in [2.45, 2.75) is 261 Å². The van der Waals surface area contributed by atoms with Crippen LogP contribution in [0.2, 0.25) is 0 Å². The first-order chi connectivity index (χ1) is 45.0. The number of carbonyl (C=O) groups excluding carboxylic acids is 7. The molecule has 3 aromatic heterocycles. The van der Waals surface area contributed by atoms with Crippen LogP contribution in [0.15, 0.2) is 18.2 Å². The topological polar surface area (TPSA) is 197 Å². The fourth-order valence-electron chi connectivity index (χ4n) is 14.7. The number of nitrogens with zero attached hydrogens (tertiary/aromatic N) is 3. The van der Waals surface area contributed by atoms with Crippen molar-refractivity contribution in [3.8, 4) is 35.5 Å². The fraction of sp³-hybridized carbons (Fsp3) is 0.675. The molecule has 6 aliphatic rings. The van der Waals surface area contributed by atoms with E-state index in [1.807, 2.05) is 95.2 Å². The number of aliphatic hydroxyl groups is 2. The number of hydrogen-bond acceptors (Lipinski definition) is 15. The molecule has 15 nitrogen and oxygen atoms in total. The van der Waals surface area contributed by atoms with Crippen LogP contribution in [0, 0.1) is 87.3 Å². The molecular formula is C77H107N3O12S3. The standard InChI is InChI=1S/2C26H37NO4S.C25H33NO4S/c2*1-17(28)15-19-11-12-21(18-9-7-6-8-10-18)27(24(19)29)22-16-20(13-14-26(2,3)4)32-23(22)25(30)31-5;1-25(2,3)14-12-19-16-21(22(31-19)24(29)30-4)26-20(17-8-6-5-7-9-17)11-10-18(13-15-27)23(26)28/h2*16-19,21,28H,6-12,15H2,1-5H3;15-18,20H,5-11,13H2,1-4H3/t17-,19+,21-;17-,19-,21+;18-,20+/m011/s1. The quantitative estimate of drug-likeness (QED) is 0.0633. The Morgan fingerprint density at radius 1 is 0.463 bits per heavy atom. The molecule has 3 aliphatic carbocycles. The Labute approximate surface area is 579 Å². The van der Waals surface area contributed by atoms with E-state index >= 15 is 0 Å². The van der Waals surface area contributed by atoms with Gasteiger partial charge in [-0.3, -0.25) is 14.4 Å². The summed E-state index contributed by atoms with van der Waals surface area (Å²) in [6.07, 6.45) is 23.3. The number of anilines is 3. The number of thiophene rings is 3. The number of amides is 3. The van der Waals surface area contributed by atoms with E-state index in [0.717, 1.165) is 98.0 Å². The van der Waals surface area contributed by atoms with Gasteiger partial charge in [-0.15, -0.1) is 34.0 Å². The summed E-state index contributed by atoms with van der Waals surface area (Å²) in [5, 5.41) is 19.9. The summed E-state index contributed by atoms with van der Waals surface area (Å²) in [5.74, 6) is 18.4. The second-order valence-corrected chi connectivity index (χ2v) is 33.5. The Balaban J connectivity index is 0.000000201. The zero-order chi connectivity index (χ0) is 69.5. The molecule has 2 N–H and O–H groups in total. The average molecular weight is 1360 g/mol. The third-order valence-electron chi connectivity index (χ3n) is 19.1. The van der Waals surface area contributed by atoms with Crippen LogP contribution in [0.25, 0.3) is 0 Å². The number of carbonyl (C=O) groups is 7. The van der Waals surface area contributed by atoms with Crippen LogP contribution in [-0.2, 0) is 33.4 Å². The van der Waals surface area contributed by atoms with E-state index in [4.69, 9.17) is 14.2 Å². The summed E-state index contributed by atoms with van der Waals surface area (Å²) in [4.78, 5) is 99.4. The largest absolute Gasteiger partial charge is 0.465 e. The number of ether oxygens (including phenoxy) is 3. The number of rotatable bonds is 15. The predicted octanol–water partition coefficient (Wildman–Crippen LogP) is 16.0. The number of methoxy groups -OCH3 is 3. The Hall–Kier alpha value is -5.81. The molecular weight excluding hydrogens is 1260 g/mol. The lowest BCUT2D eigenvalue weighted by Gasteiger charge is -2.44. The lowest BCUT2D eigenvalue weighted by molar-refractivity contribution is -0.127. The third-order valence-corrected chi connectivity index (χ3v) is 22.2. The van der Waals surface area contributed by atoms with Gasteiger partial charge in [0.2, 0.25) is 17.7 Å². The molecule has 6 heterocycles. The number of esters is 3. The van der Waals surface area contributed by atoms with E-state index in [1.165, 1.54) is 113 Å². The van der Waals surface area contributed by atoms with Gasteiger partial charge >= 0.3 is 17.9 Å². The summed E-state index contributed by atoms with van der Waals surface area (Å²) in [6.45, 7) is 21.8. The van der Waals surface area contributed by atoms with Crippen LogP contribution in [-0.4, -0.2) is 104 Å². The molecule has 95 heavy (non-hydrogen) atoms. The van der Waals surface area contributed by atoms with Crippen molar-refractivity contribution in [2.24, 2.45) is 51.8 Å². The highest BCUT2D eigenvalue weighted by atomic mass is 32.1. The maximum atomic E-state index is 13.7. The van der Waals surface area contributed by atoms with Gasteiger partial charge in [0, 0.05) is 58.5 Å². The highest BCUT2D eigenvalue weighted by Crippen LogP contribution is 2.46. The van der Waals surface area contributed by atoms with Gasteiger partial charge in [0.25, 0.3) is 0 Å².